The van der Waals surface area contributed by atoms with E-state index in [1.807, 2.05) is 17.3 Å². The average Bonchev–Trinajstić information content (AvgIpc) is 3.44. The third-order valence-electron chi connectivity index (χ3n) is 6.89. The Hall–Kier alpha value is -4.01. The maximum absolute atomic E-state index is 12.8. The fourth-order valence-electron chi connectivity index (χ4n) is 5.23. The molecule has 3 aliphatic rings. The van der Waals surface area contributed by atoms with Gasteiger partial charge in [0.15, 0.2) is 0 Å². The molecule has 4 N–H and O–H groups in total. The molecule has 0 bridgehead atoms. The Balaban J connectivity index is 1.39. The van der Waals surface area contributed by atoms with Crippen LogP contribution >= 0.6 is 0 Å². The molecule has 1 atom stereocenters. The summed E-state index contributed by atoms with van der Waals surface area (Å²) in [4.78, 5) is 23.6. The number of aromatic nitrogens is 2. The molecule has 1 saturated heterocycles. The van der Waals surface area contributed by atoms with E-state index in [0.29, 0.717) is 30.4 Å². The van der Waals surface area contributed by atoms with Crippen molar-refractivity contribution in [1.82, 2.24) is 30.2 Å². The van der Waals surface area contributed by atoms with Crippen LogP contribution in [0.1, 0.15) is 18.4 Å². The Morgan fingerprint density at radius 1 is 1.29 bits per heavy atom. The quantitative estimate of drug-likeness (QED) is 0.469. The molecule has 9 heteroatoms. The Morgan fingerprint density at radius 2 is 2.09 bits per heavy atom. The van der Waals surface area contributed by atoms with Crippen LogP contribution in [0.5, 0.6) is 0 Å². The van der Waals surface area contributed by atoms with E-state index in [1.165, 1.54) is 0 Å². The second-order valence-corrected chi connectivity index (χ2v) is 8.89. The van der Waals surface area contributed by atoms with Gasteiger partial charge in [-0.15, -0.1) is 0 Å². The van der Waals surface area contributed by atoms with E-state index in [9.17, 15) is 4.79 Å². The second kappa shape index (κ2) is 8.74. The molecule has 1 amide bonds. The zero-order chi connectivity index (χ0) is 23.8. The first-order valence-corrected chi connectivity index (χ1v) is 11.5. The van der Waals surface area contributed by atoms with Crippen molar-refractivity contribution in [3.63, 3.8) is 0 Å². The zero-order valence-corrected chi connectivity index (χ0v) is 19.5. The number of rotatable bonds is 5. The van der Waals surface area contributed by atoms with Gasteiger partial charge in [0, 0.05) is 62.0 Å². The van der Waals surface area contributed by atoms with Crippen LogP contribution in [0.4, 0.5) is 0 Å². The molecule has 1 aromatic heterocycles. The average molecular weight is 459 g/mol. The van der Waals surface area contributed by atoms with Gasteiger partial charge in [-0.3, -0.25) is 9.89 Å². The first-order chi connectivity index (χ1) is 16.5. The Morgan fingerprint density at radius 3 is 2.85 bits per heavy atom. The molecule has 3 aliphatic heterocycles. The van der Waals surface area contributed by atoms with Gasteiger partial charge in [-0.05, 0) is 31.2 Å². The minimum Gasteiger partial charge on any atom is -0.394 e. The molecule has 0 spiro atoms. The van der Waals surface area contributed by atoms with Crippen molar-refractivity contribution in [2.24, 2.45) is 16.6 Å². The van der Waals surface area contributed by atoms with Gasteiger partial charge in [-0.1, -0.05) is 18.7 Å². The van der Waals surface area contributed by atoms with Gasteiger partial charge in [-0.2, -0.15) is 5.10 Å². The van der Waals surface area contributed by atoms with Crippen LogP contribution in [-0.4, -0.2) is 70.0 Å². The normalized spacial score (nSPS) is 20.9. The van der Waals surface area contributed by atoms with Gasteiger partial charge >= 0.3 is 0 Å². The molecule has 0 aliphatic carbocycles. The lowest BCUT2D eigenvalue weighted by atomic mass is 9.92. The number of nitrogens with zero attached hydrogens (tertiary/aromatic N) is 5. The number of nitrogens with one attached hydrogen (secondary N) is 2. The molecule has 5 rings (SSSR count). The minimum atomic E-state index is -0.00802. The molecule has 1 aromatic carbocycles. The minimum absolute atomic E-state index is 0.00802. The fraction of sp³-hybridized carbons (Fsp3) is 0.320. The number of nitrogens with two attached hydrogens (primary N) is 1. The molecule has 0 radical (unpaired) electrons. The van der Waals surface area contributed by atoms with Gasteiger partial charge in [0.2, 0.25) is 0 Å². The maximum atomic E-state index is 12.8. The van der Waals surface area contributed by atoms with Gasteiger partial charge in [0.25, 0.3) is 5.91 Å². The number of aromatic amines is 1. The Kier molecular flexibility index (Phi) is 5.61. The highest BCUT2D eigenvalue weighted by Crippen LogP contribution is 2.42. The standard InChI is InChI=1S/C25H30N8O/c1-16(6-9-27-2)25(34)32-11-7-17(8-12-32)24-31(3)21(22-23(26)28-10-13-33(22)24)18-4-5-19-15-29-30-20(19)14-18/h4-6,9-10,13-15,17,24,27H,1,7-8,11-12H2,2-3H3,(H2,26,28)(H,29,30)/b9-6-. The molecule has 4 heterocycles. The van der Waals surface area contributed by atoms with Gasteiger partial charge in [-0.25, -0.2) is 4.99 Å². The van der Waals surface area contributed by atoms with Crippen molar-refractivity contribution in [2.45, 2.75) is 19.0 Å². The van der Waals surface area contributed by atoms with Crippen molar-refractivity contribution in [1.29, 1.82) is 0 Å². The molecule has 1 unspecified atom stereocenters. The summed E-state index contributed by atoms with van der Waals surface area (Å²) in [6, 6.07) is 6.28. The number of fused-ring (bicyclic) bond motifs is 2. The van der Waals surface area contributed by atoms with Crippen LogP contribution in [-0.2, 0) is 4.79 Å². The zero-order valence-electron chi connectivity index (χ0n) is 19.5. The summed E-state index contributed by atoms with van der Waals surface area (Å²) < 4.78 is 0. The number of carbonyl (C=O) groups is 1. The smallest absolute Gasteiger partial charge is 0.253 e. The van der Waals surface area contributed by atoms with E-state index in [2.05, 4.69) is 62.1 Å². The van der Waals surface area contributed by atoms with Crippen LogP contribution in [0.3, 0.4) is 0 Å². The van der Waals surface area contributed by atoms with Gasteiger partial charge in [0.1, 0.15) is 17.7 Å². The van der Waals surface area contributed by atoms with Crippen LogP contribution in [0.25, 0.3) is 16.6 Å². The second-order valence-electron chi connectivity index (χ2n) is 8.89. The number of amidine groups is 1. The predicted molar refractivity (Wildman–Crippen MR) is 134 cm³/mol. The molecule has 1 fully saturated rings. The first-order valence-electron chi connectivity index (χ1n) is 11.5. The number of H-pyrrole nitrogens is 1. The monoisotopic (exact) mass is 458 g/mol. The predicted octanol–water partition coefficient (Wildman–Crippen LogP) is 2.17. The summed E-state index contributed by atoms with van der Waals surface area (Å²) >= 11 is 0. The summed E-state index contributed by atoms with van der Waals surface area (Å²) in [6.07, 6.45) is 10.9. The molecule has 34 heavy (non-hydrogen) atoms. The highest BCUT2D eigenvalue weighted by Gasteiger charge is 2.43. The summed E-state index contributed by atoms with van der Waals surface area (Å²) in [6.45, 7) is 5.32. The Labute approximate surface area is 199 Å². The topological polar surface area (TPSA) is 106 Å². The van der Waals surface area contributed by atoms with E-state index in [1.54, 1.807) is 25.5 Å². The van der Waals surface area contributed by atoms with E-state index in [0.717, 1.165) is 40.7 Å². The summed E-state index contributed by atoms with van der Waals surface area (Å²) in [5.41, 5.74) is 10.9. The number of hydrogen-bond acceptors (Lipinski definition) is 7. The largest absolute Gasteiger partial charge is 0.394 e. The number of hydrogen-bond donors (Lipinski definition) is 3. The van der Waals surface area contributed by atoms with Crippen LogP contribution in [0, 0.1) is 5.92 Å². The van der Waals surface area contributed by atoms with E-state index in [4.69, 9.17) is 5.73 Å². The number of carbonyl (C=O) groups excluding carboxylic acids is 1. The maximum Gasteiger partial charge on any atom is 0.253 e. The lowest BCUT2D eigenvalue weighted by Gasteiger charge is -2.41. The molecule has 0 saturated carbocycles. The number of amides is 1. The third kappa shape index (κ3) is 3.63. The number of benzene rings is 1. The molecule has 9 nitrogen and oxygen atoms in total. The molecule has 176 valence electrons. The SMILES string of the molecule is C=C(/C=C\NC)C(=O)N1CCC(C2N(C)C(c3ccc4cn[nH]c4c3)=C3C(N)=NC=CN32)CC1. The lowest BCUT2D eigenvalue weighted by Crippen LogP contribution is -2.49. The molecular formula is C25H30N8O. The summed E-state index contributed by atoms with van der Waals surface area (Å²) in [7, 11) is 3.92. The summed E-state index contributed by atoms with van der Waals surface area (Å²) in [5.74, 6) is 0.859. The van der Waals surface area contributed by atoms with Crippen LogP contribution in [0.15, 0.2) is 71.9 Å². The van der Waals surface area contributed by atoms with Crippen molar-refractivity contribution in [3.8, 4) is 0 Å². The van der Waals surface area contributed by atoms with E-state index >= 15 is 0 Å². The van der Waals surface area contributed by atoms with Crippen molar-refractivity contribution < 1.29 is 4.79 Å². The summed E-state index contributed by atoms with van der Waals surface area (Å²) in [5, 5.41) is 11.2. The van der Waals surface area contributed by atoms with Crippen LogP contribution in [0.2, 0.25) is 0 Å². The number of piperidine rings is 1. The number of aliphatic imine (C=N–C) groups is 1. The van der Waals surface area contributed by atoms with E-state index < -0.39 is 0 Å². The van der Waals surface area contributed by atoms with Crippen molar-refractivity contribution in [3.05, 3.63) is 72.5 Å². The molecular weight excluding hydrogens is 428 g/mol. The third-order valence-corrected chi connectivity index (χ3v) is 6.89. The Bertz CT molecular complexity index is 1240. The first kappa shape index (κ1) is 21.8. The number of likely N-dealkylation sites (tertiary alicyclic amines) is 1. The van der Waals surface area contributed by atoms with Crippen molar-refractivity contribution >= 4 is 28.3 Å². The van der Waals surface area contributed by atoms with Gasteiger partial charge < -0.3 is 25.8 Å². The fourth-order valence-corrected chi connectivity index (χ4v) is 5.23. The van der Waals surface area contributed by atoms with Crippen LogP contribution < -0.4 is 11.1 Å². The highest BCUT2D eigenvalue weighted by atomic mass is 16.2. The highest BCUT2D eigenvalue weighted by molar-refractivity contribution is 6.05. The molecule has 2 aromatic rings. The van der Waals surface area contributed by atoms with Gasteiger partial charge in [0.05, 0.1) is 17.4 Å². The lowest BCUT2D eigenvalue weighted by molar-refractivity contribution is -0.128. The van der Waals surface area contributed by atoms with Crippen molar-refractivity contribution in [2.75, 3.05) is 27.2 Å². The van der Waals surface area contributed by atoms with E-state index in [-0.39, 0.29) is 12.1 Å².